The van der Waals surface area contributed by atoms with Crippen LogP contribution in [0.4, 0.5) is 16.2 Å². The van der Waals surface area contributed by atoms with E-state index in [4.69, 9.17) is 4.74 Å². The van der Waals surface area contributed by atoms with Crippen LogP contribution in [0.2, 0.25) is 0 Å². The Morgan fingerprint density at radius 1 is 1.05 bits per heavy atom. The number of fused-ring (bicyclic) bond motifs is 3. The number of aliphatic hydroxyl groups is 1. The Kier molecular flexibility index (Phi) is 6.99. The number of likely N-dealkylation sites (tertiary alicyclic amines) is 1. The Hall–Kier alpha value is -4.04. The van der Waals surface area contributed by atoms with E-state index >= 15 is 0 Å². The number of methoxy groups -OCH3 is 1. The zero-order chi connectivity index (χ0) is 27.0. The number of rotatable bonds is 5. The highest BCUT2D eigenvalue weighted by Crippen LogP contribution is 2.49. The summed E-state index contributed by atoms with van der Waals surface area (Å²) >= 11 is 0. The quantitative estimate of drug-likeness (QED) is 0.525. The first-order valence-corrected chi connectivity index (χ1v) is 12.8. The maximum Gasteiger partial charge on any atom is 0.322 e. The molecule has 2 heterocycles. The summed E-state index contributed by atoms with van der Waals surface area (Å²) in [5.74, 6) is 0.770. The fourth-order valence-corrected chi connectivity index (χ4v) is 5.82. The summed E-state index contributed by atoms with van der Waals surface area (Å²) in [6, 6.07) is 20.7. The van der Waals surface area contributed by atoms with Gasteiger partial charge in [0.25, 0.3) is 5.91 Å². The van der Waals surface area contributed by atoms with E-state index in [1.165, 1.54) is 0 Å². The minimum absolute atomic E-state index is 0.0154. The fraction of sp³-hybridized carbons (Fsp3) is 0.333. The topological polar surface area (TPSA) is 85.4 Å². The normalized spacial score (nSPS) is 20.0. The van der Waals surface area contributed by atoms with Crippen LogP contribution < -0.4 is 15.0 Å². The third-order valence-electron chi connectivity index (χ3n) is 7.80. The molecule has 0 aliphatic carbocycles. The van der Waals surface area contributed by atoms with Gasteiger partial charge in [0, 0.05) is 50.5 Å². The number of urea groups is 1. The van der Waals surface area contributed by atoms with Crippen molar-refractivity contribution in [1.29, 1.82) is 0 Å². The molecule has 3 atom stereocenters. The first-order valence-electron chi connectivity index (χ1n) is 12.8. The number of carbonyl (C=O) groups excluding carboxylic acids is 2. The smallest absolute Gasteiger partial charge is 0.322 e. The molecule has 38 heavy (non-hydrogen) atoms. The van der Waals surface area contributed by atoms with Crippen LogP contribution in [0.15, 0.2) is 66.7 Å². The Labute approximate surface area is 223 Å². The highest BCUT2D eigenvalue weighted by atomic mass is 16.5. The Bertz CT molecular complexity index is 1340. The summed E-state index contributed by atoms with van der Waals surface area (Å²) in [5, 5.41) is 13.3. The predicted molar refractivity (Wildman–Crippen MR) is 149 cm³/mol. The third-order valence-corrected chi connectivity index (χ3v) is 7.80. The van der Waals surface area contributed by atoms with Gasteiger partial charge in [-0.25, -0.2) is 4.79 Å². The zero-order valence-corrected chi connectivity index (χ0v) is 22.2. The molecule has 8 nitrogen and oxygen atoms in total. The number of nitrogens with zero attached hydrogens (tertiary/aromatic N) is 3. The molecule has 5 rings (SSSR count). The van der Waals surface area contributed by atoms with Gasteiger partial charge in [0.15, 0.2) is 0 Å². The van der Waals surface area contributed by atoms with Crippen LogP contribution in [0.25, 0.3) is 11.1 Å². The lowest BCUT2D eigenvalue weighted by atomic mass is 9.81. The molecule has 3 aromatic rings. The Morgan fingerprint density at radius 3 is 2.47 bits per heavy atom. The predicted octanol–water partition coefficient (Wildman–Crippen LogP) is 4.47. The average Bonchev–Trinajstić information content (AvgIpc) is 3.38. The summed E-state index contributed by atoms with van der Waals surface area (Å²) in [6.07, 6.45) is 0.798. The lowest BCUT2D eigenvalue weighted by molar-refractivity contribution is 0.0827. The number of nitrogens with one attached hydrogen (secondary N) is 1. The van der Waals surface area contributed by atoms with E-state index in [9.17, 15) is 14.7 Å². The second kappa shape index (κ2) is 10.4. The number of likely N-dealkylation sites (N-methyl/N-ethyl adjacent to an activating group) is 1. The molecule has 3 amide bonds. The van der Waals surface area contributed by atoms with Crippen molar-refractivity contribution in [3.05, 3.63) is 77.9 Å². The van der Waals surface area contributed by atoms with Crippen LogP contribution in [0, 0.1) is 5.92 Å². The number of ether oxygens (including phenoxy) is 1. The number of hydrogen-bond donors (Lipinski definition) is 2. The van der Waals surface area contributed by atoms with Crippen molar-refractivity contribution in [2.24, 2.45) is 5.92 Å². The van der Waals surface area contributed by atoms with Crippen LogP contribution in [0.5, 0.6) is 5.75 Å². The van der Waals surface area contributed by atoms with Gasteiger partial charge in [-0.15, -0.1) is 0 Å². The van der Waals surface area contributed by atoms with E-state index < -0.39 is 0 Å². The molecule has 3 aromatic carbocycles. The lowest BCUT2D eigenvalue weighted by Gasteiger charge is -2.44. The number of hydrogen-bond acceptors (Lipinski definition) is 5. The van der Waals surface area contributed by atoms with Crippen LogP contribution in [0.3, 0.4) is 0 Å². The molecule has 8 heteroatoms. The molecule has 1 fully saturated rings. The van der Waals surface area contributed by atoms with E-state index in [1.807, 2.05) is 66.5 Å². The van der Waals surface area contributed by atoms with E-state index in [2.05, 4.69) is 22.3 Å². The molecule has 0 spiro atoms. The maximum absolute atomic E-state index is 13.5. The Balaban J connectivity index is 1.51. The summed E-state index contributed by atoms with van der Waals surface area (Å²) in [5.41, 5.74) is 5.29. The minimum Gasteiger partial charge on any atom is -0.497 e. The monoisotopic (exact) mass is 514 g/mol. The van der Waals surface area contributed by atoms with Gasteiger partial charge >= 0.3 is 6.03 Å². The summed E-state index contributed by atoms with van der Waals surface area (Å²) in [7, 11) is 7.10. The van der Waals surface area contributed by atoms with Gasteiger partial charge in [-0.3, -0.25) is 4.79 Å². The molecule has 0 unspecified atom stereocenters. The van der Waals surface area contributed by atoms with Crippen LogP contribution >= 0.6 is 0 Å². The van der Waals surface area contributed by atoms with Gasteiger partial charge < -0.3 is 29.9 Å². The first kappa shape index (κ1) is 25.6. The maximum atomic E-state index is 13.5. The second-order valence-corrected chi connectivity index (χ2v) is 10.2. The SMILES string of the molecule is COc1ccc(NC(=O)N2CC[C@H]3[C@@H]2c2cc(-c4cccc(C(=O)N(C)C)c4)ccc2N(C)[C@H]3CO)cc1. The minimum atomic E-state index is -0.178. The molecule has 2 N–H and O–H groups in total. The van der Waals surface area contributed by atoms with Crippen molar-refractivity contribution in [3.63, 3.8) is 0 Å². The van der Waals surface area contributed by atoms with E-state index in [0.717, 1.165) is 34.5 Å². The summed E-state index contributed by atoms with van der Waals surface area (Å²) in [4.78, 5) is 31.7. The van der Waals surface area contributed by atoms with Gasteiger partial charge in [0.2, 0.25) is 0 Å². The van der Waals surface area contributed by atoms with Crippen molar-refractivity contribution in [1.82, 2.24) is 9.80 Å². The molecule has 2 aliphatic heterocycles. The fourth-order valence-electron chi connectivity index (χ4n) is 5.82. The highest BCUT2D eigenvalue weighted by molar-refractivity contribution is 5.95. The lowest BCUT2D eigenvalue weighted by Crippen LogP contribution is -2.48. The van der Waals surface area contributed by atoms with Crippen molar-refractivity contribution in [3.8, 4) is 16.9 Å². The van der Waals surface area contributed by atoms with E-state index in [0.29, 0.717) is 17.8 Å². The van der Waals surface area contributed by atoms with E-state index in [1.54, 1.807) is 26.1 Å². The number of aliphatic hydroxyl groups excluding tert-OH is 1. The number of amides is 3. The van der Waals surface area contributed by atoms with Gasteiger partial charge in [0.1, 0.15) is 5.75 Å². The van der Waals surface area contributed by atoms with Gasteiger partial charge in [-0.1, -0.05) is 18.2 Å². The highest BCUT2D eigenvalue weighted by Gasteiger charge is 2.47. The van der Waals surface area contributed by atoms with Gasteiger partial charge in [-0.05, 0) is 71.6 Å². The molecule has 2 aliphatic rings. The van der Waals surface area contributed by atoms with Crippen molar-refractivity contribution in [2.75, 3.05) is 51.6 Å². The van der Waals surface area contributed by atoms with Crippen molar-refractivity contribution in [2.45, 2.75) is 18.5 Å². The molecule has 0 aromatic heterocycles. The largest absolute Gasteiger partial charge is 0.497 e. The zero-order valence-electron chi connectivity index (χ0n) is 22.2. The molecule has 0 bridgehead atoms. The Morgan fingerprint density at radius 2 is 1.79 bits per heavy atom. The molecular formula is C30H34N4O4. The van der Waals surface area contributed by atoms with Crippen LogP contribution in [-0.2, 0) is 0 Å². The molecule has 0 radical (unpaired) electrons. The van der Waals surface area contributed by atoms with Crippen LogP contribution in [0.1, 0.15) is 28.4 Å². The molecule has 198 valence electrons. The van der Waals surface area contributed by atoms with Gasteiger partial charge in [-0.2, -0.15) is 0 Å². The number of anilines is 2. The third kappa shape index (κ3) is 4.56. The summed E-state index contributed by atoms with van der Waals surface area (Å²) in [6.45, 7) is 0.611. The average molecular weight is 515 g/mol. The molecular weight excluding hydrogens is 480 g/mol. The first-order chi connectivity index (χ1) is 18.3. The van der Waals surface area contributed by atoms with Gasteiger partial charge in [0.05, 0.1) is 25.8 Å². The standard InChI is InChI=1S/C30H34N4O4/c1-32(2)29(36)21-7-5-6-19(16-21)20-8-13-26-25(17-20)28-24(27(18-35)33(26)3)14-15-34(28)30(37)31-22-9-11-23(38-4)12-10-22/h5-13,16-17,24,27-28,35H,14-15,18H2,1-4H3,(H,31,37)/t24-,27+,28-/m1/s1. The van der Waals surface area contributed by atoms with Crippen molar-refractivity contribution < 1.29 is 19.4 Å². The molecule has 1 saturated heterocycles. The van der Waals surface area contributed by atoms with Crippen LogP contribution in [-0.4, -0.2) is 74.3 Å². The summed E-state index contributed by atoms with van der Waals surface area (Å²) < 4.78 is 5.23. The van der Waals surface area contributed by atoms with E-state index in [-0.39, 0.29) is 36.5 Å². The van der Waals surface area contributed by atoms with Crippen molar-refractivity contribution >= 4 is 23.3 Å². The number of benzene rings is 3. The number of carbonyl (C=O) groups is 2. The second-order valence-electron chi connectivity index (χ2n) is 10.2. The molecule has 0 saturated carbocycles.